The second-order valence-corrected chi connectivity index (χ2v) is 5.37. The topological polar surface area (TPSA) is 0 Å². The highest BCUT2D eigenvalue weighted by molar-refractivity contribution is 5.84. The summed E-state index contributed by atoms with van der Waals surface area (Å²) >= 11 is 0. The molecule has 0 bridgehead atoms. The van der Waals surface area contributed by atoms with Crippen LogP contribution in [0.25, 0.3) is 16.7 Å². The Morgan fingerprint density at radius 3 is 2.33 bits per heavy atom. The summed E-state index contributed by atoms with van der Waals surface area (Å²) in [7, 11) is 0. The van der Waals surface area contributed by atoms with E-state index in [1.165, 1.54) is 33.4 Å². The minimum Gasteiger partial charge on any atom is -0.0874 e. The van der Waals surface area contributed by atoms with Crippen LogP contribution in [0.4, 0.5) is 0 Å². The summed E-state index contributed by atoms with van der Waals surface area (Å²) in [5, 5.41) is 0. The molecule has 0 heterocycles. The zero-order valence-electron chi connectivity index (χ0n) is 13.5. The maximum atomic E-state index is 2.24. The number of aryl methyl sites for hydroxylation is 1. The lowest BCUT2D eigenvalue weighted by Crippen LogP contribution is -1.94. The second-order valence-electron chi connectivity index (χ2n) is 5.37. The van der Waals surface area contributed by atoms with Gasteiger partial charge in [-0.1, -0.05) is 67.6 Å². The van der Waals surface area contributed by atoms with Crippen LogP contribution in [0.15, 0.2) is 66.3 Å². The molecule has 0 N–H and O–H groups in total. The molecule has 0 fully saturated rings. The van der Waals surface area contributed by atoms with Crippen LogP contribution in [0, 0.1) is 6.92 Å². The van der Waals surface area contributed by atoms with Gasteiger partial charge in [0, 0.05) is 0 Å². The fraction of sp³-hybridized carbons (Fsp3) is 0.238. The van der Waals surface area contributed by atoms with Crippen molar-refractivity contribution in [3.05, 3.63) is 77.4 Å². The predicted molar refractivity (Wildman–Crippen MR) is 94.3 cm³/mol. The van der Waals surface area contributed by atoms with E-state index in [4.69, 9.17) is 0 Å². The second kappa shape index (κ2) is 7.08. The van der Waals surface area contributed by atoms with Gasteiger partial charge < -0.3 is 0 Å². The van der Waals surface area contributed by atoms with Gasteiger partial charge in [-0.25, -0.2) is 0 Å². The molecule has 0 saturated heterocycles. The molecule has 0 saturated carbocycles. The minimum absolute atomic E-state index is 1.05. The van der Waals surface area contributed by atoms with Crippen LogP contribution in [-0.2, 0) is 0 Å². The van der Waals surface area contributed by atoms with Crippen LogP contribution in [-0.4, -0.2) is 0 Å². The lowest BCUT2D eigenvalue weighted by Gasteiger charge is -2.16. The van der Waals surface area contributed by atoms with E-state index in [1.807, 2.05) is 0 Å². The van der Waals surface area contributed by atoms with Crippen molar-refractivity contribution in [2.75, 3.05) is 0 Å². The Morgan fingerprint density at radius 2 is 1.71 bits per heavy atom. The largest absolute Gasteiger partial charge is 0.0874 e. The van der Waals surface area contributed by atoms with E-state index >= 15 is 0 Å². The van der Waals surface area contributed by atoms with E-state index in [2.05, 4.69) is 88.4 Å². The molecule has 0 aliphatic rings. The van der Waals surface area contributed by atoms with Crippen molar-refractivity contribution in [1.82, 2.24) is 0 Å². The smallest absolute Gasteiger partial charge is 0.0106 e. The van der Waals surface area contributed by atoms with Gasteiger partial charge in [-0.15, -0.1) is 0 Å². The van der Waals surface area contributed by atoms with Crippen molar-refractivity contribution in [2.45, 2.75) is 34.1 Å². The SMILES string of the molecule is CC=C/C(CC)=C(\C)c1c(C)cccc1-c1ccccc1. The van der Waals surface area contributed by atoms with Crippen LogP contribution < -0.4 is 0 Å². The van der Waals surface area contributed by atoms with Crippen LogP contribution in [0.2, 0.25) is 0 Å². The van der Waals surface area contributed by atoms with Crippen molar-refractivity contribution < 1.29 is 0 Å². The number of hydrogen-bond acceptors (Lipinski definition) is 0. The average molecular weight is 276 g/mol. The molecular weight excluding hydrogens is 252 g/mol. The Labute approximate surface area is 128 Å². The third-order valence-corrected chi connectivity index (χ3v) is 3.96. The Balaban J connectivity index is 2.69. The maximum absolute atomic E-state index is 2.24. The molecule has 0 heteroatoms. The first-order valence-corrected chi connectivity index (χ1v) is 7.66. The predicted octanol–water partition coefficient (Wildman–Crippen LogP) is 6.42. The lowest BCUT2D eigenvalue weighted by atomic mass is 9.88. The monoisotopic (exact) mass is 276 g/mol. The summed E-state index contributed by atoms with van der Waals surface area (Å²) in [6.45, 7) is 8.75. The molecule has 2 rings (SSSR count). The molecule has 2 aromatic rings. The van der Waals surface area contributed by atoms with Gasteiger partial charge in [-0.2, -0.15) is 0 Å². The van der Waals surface area contributed by atoms with Gasteiger partial charge in [0.2, 0.25) is 0 Å². The van der Waals surface area contributed by atoms with Crippen molar-refractivity contribution in [3.63, 3.8) is 0 Å². The molecule has 0 aliphatic carbocycles. The molecule has 0 unspecified atom stereocenters. The lowest BCUT2D eigenvalue weighted by molar-refractivity contribution is 1.14. The average Bonchev–Trinajstić information content (AvgIpc) is 2.52. The highest BCUT2D eigenvalue weighted by Crippen LogP contribution is 2.33. The van der Waals surface area contributed by atoms with E-state index in [9.17, 15) is 0 Å². The van der Waals surface area contributed by atoms with Crippen LogP contribution in [0.3, 0.4) is 0 Å². The first kappa shape index (κ1) is 15.3. The number of benzene rings is 2. The third kappa shape index (κ3) is 3.33. The molecule has 0 spiro atoms. The van der Waals surface area contributed by atoms with E-state index < -0.39 is 0 Å². The Bertz CT molecular complexity index is 658. The minimum atomic E-state index is 1.05. The van der Waals surface area contributed by atoms with Crippen LogP contribution in [0.1, 0.15) is 38.3 Å². The molecule has 108 valence electrons. The Hall–Kier alpha value is -2.08. The van der Waals surface area contributed by atoms with Crippen molar-refractivity contribution in [1.29, 1.82) is 0 Å². The van der Waals surface area contributed by atoms with Gasteiger partial charge in [-0.3, -0.25) is 0 Å². The standard InChI is InChI=1S/C21H24/c1-5-11-18(6-2)17(4)21-16(3)12-10-15-20(21)19-13-8-7-9-14-19/h5,7-15H,6H2,1-4H3/b11-5?,18-17+. The number of rotatable bonds is 4. The highest BCUT2D eigenvalue weighted by Gasteiger charge is 2.11. The summed E-state index contributed by atoms with van der Waals surface area (Å²) in [5.41, 5.74) is 8.11. The van der Waals surface area contributed by atoms with E-state index in [0.29, 0.717) is 0 Å². The fourth-order valence-electron chi connectivity index (χ4n) is 2.89. The van der Waals surface area contributed by atoms with Gasteiger partial charge >= 0.3 is 0 Å². The normalized spacial score (nSPS) is 12.6. The molecule has 2 aromatic carbocycles. The van der Waals surface area contributed by atoms with Crippen LogP contribution in [0.5, 0.6) is 0 Å². The summed E-state index contributed by atoms with van der Waals surface area (Å²) in [4.78, 5) is 0. The molecular formula is C21H24. The molecule has 0 aromatic heterocycles. The third-order valence-electron chi connectivity index (χ3n) is 3.96. The molecule has 0 nitrogen and oxygen atoms in total. The van der Waals surface area contributed by atoms with Gasteiger partial charge in [0.05, 0.1) is 0 Å². The molecule has 0 atom stereocenters. The summed E-state index contributed by atoms with van der Waals surface area (Å²) in [6, 6.07) is 17.2. The van der Waals surface area contributed by atoms with Gasteiger partial charge in [0.1, 0.15) is 0 Å². The zero-order valence-corrected chi connectivity index (χ0v) is 13.5. The van der Waals surface area contributed by atoms with Crippen LogP contribution >= 0.6 is 0 Å². The quantitative estimate of drug-likeness (QED) is 0.565. The summed E-state index contributed by atoms with van der Waals surface area (Å²) in [6.07, 6.45) is 5.41. The van der Waals surface area contributed by atoms with Gasteiger partial charge in [0.15, 0.2) is 0 Å². The van der Waals surface area contributed by atoms with Gasteiger partial charge in [0.25, 0.3) is 0 Å². The maximum Gasteiger partial charge on any atom is -0.0106 e. The number of allylic oxidation sites excluding steroid dienone is 4. The fourth-order valence-corrected chi connectivity index (χ4v) is 2.89. The first-order valence-electron chi connectivity index (χ1n) is 7.66. The highest BCUT2D eigenvalue weighted by atomic mass is 14.2. The summed E-state index contributed by atoms with van der Waals surface area (Å²) in [5.74, 6) is 0. The van der Waals surface area contributed by atoms with Crippen molar-refractivity contribution in [2.24, 2.45) is 0 Å². The number of hydrogen-bond donors (Lipinski definition) is 0. The van der Waals surface area contributed by atoms with Crippen molar-refractivity contribution >= 4 is 5.57 Å². The van der Waals surface area contributed by atoms with E-state index in [1.54, 1.807) is 0 Å². The van der Waals surface area contributed by atoms with Crippen molar-refractivity contribution in [3.8, 4) is 11.1 Å². The van der Waals surface area contributed by atoms with E-state index in [0.717, 1.165) is 6.42 Å². The first-order chi connectivity index (χ1) is 10.2. The van der Waals surface area contributed by atoms with Gasteiger partial charge in [-0.05, 0) is 60.6 Å². The van der Waals surface area contributed by atoms with E-state index in [-0.39, 0.29) is 0 Å². The molecule has 0 radical (unpaired) electrons. The molecule has 0 aliphatic heterocycles. The zero-order chi connectivity index (χ0) is 15.2. The molecule has 21 heavy (non-hydrogen) atoms. The summed E-state index contributed by atoms with van der Waals surface area (Å²) < 4.78 is 0. The Morgan fingerprint density at radius 1 is 1.00 bits per heavy atom. The molecule has 0 amide bonds. The Kier molecular flexibility index (Phi) is 5.16.